The fraction of sp³-hybridized carbons (Fsp3) is 0.629. The number of nitrogens with zero attached hydrogens (tertiary/aromatic N) is 5. The zero-order valence-corrected chi connectivity index (χ0v) is 34.0. The van der Waals surface area contributed by atoms with Gasteiger partial charge in [0.15, 0.2) is 10.8 Å². The number of aromatic nitrogens is 2. The van der Waals surface area contributed by atoms with E-state index in [-0.39, 0.29) is 29.0 Å². The van der Waals surface area contributed by atoms with E-state index in [0.29, 0.717) is 18.8 Å². The molecule has 0 spiro atoms. The molecule has 19 nitrogen and oxygen atoms in total. The van der Waals surface area contributed by atoms with Crippen LogP contribution in [0, 0.1) is 0 Å². The summed E-state index contributed by atoms with van der Waals surface area (Å²) in [5, 5.41) is 17.4. The number of likely N-dealkylation sites (tertiary alicyclic amines) is 1. The van der Waals surface area contributed by atoms with Crippen LogP contribution in [0.2, 0.25) is 0 Å². The highest BCUT2D eigenvalue weighted by atomic mass is 32.1. The molecule has 4 heterocycles. The molecule has 0 aromatic carbocycles. The van der Waals surface area contributed by atoms with Gasteiger partial charge in [-0.25, -0.2) is 19.4 Å². The second kappa shape index (κ2) is 15.8. The fourth-order valence-corrected chi connectivity index (χ4v) is 5.51. The van der Waals surface area contributed by atoms with Crippen molar-refractivity contribution in [1.82, 2.24) is 31.0 Å². The van der Waals surface area contributed by atoms with E-state index in [1.807, 2.05) is 0 Å². The van der Waals surface area contributed by atoms with Crippen LogP contribution in [0.5, 0.6) is 0 Å². The summed E-state index contributed by atoms with van der Waals surface area (Å²) >= 11 is 1.01. The normalized spacial score (nSPS) is 17.9. The van der Waals surface area contributed by atoms with Gasteiger partial charge < -0.3 is 44.4 Å². The summed E-state index contributed by atoms with van der Waals surface area (Å²) in [5.41, 5.74) is -3.83. The number of carbonyl (C=O) groups is 6. The second-order valence-corrected chi connectivity index (χ2v) is 17.4. The number of esters is 1. The molecule has 2 saturated heterocycles. The quantitative estimate of drug-likeness (QED) is 0.0978. The van der Waals surface area contributed by atoms with Gasteiger partial charge in [-0.2, -0.15) is 0 Å². The van der Waals surface area contributed by atoms with Crippen LogP contribution in [0.4, 0.5) is 14.7 Å². The van der Waals surface area contributed by atoms with Crippen LogP contribution in [-0.2, 0) is 33.4 Å². The van der Waals surface area contributed by atoms with Gasteiger partial charge in [0.2, 0.25) is 17.3 Å². The number of nitrogens with one attached hydrogen (secondary N) is 3. The number of hydrogen-bond donors (Lipinski definition) is 3. The molecule has 3 N–H and O–H groups in total. The highest BCUT2D eigenvalue weighted by Gasteiger charge is 2.43. The minimum Gasteiger partial charge on any atom is -0.457 e. The van der Waals surface area contributed by atoms with Gasteiger partial charge in [0.25, 0.3) is 11.8 Å². The molecule has 2 atom stereocenters. The number of ether oxygens (including phenoxy) is 3. The molecule has 0 saturated carbocycles. The maximum absolute atomic E-state index is 13.7. The first-order valence-corrected chi connectivity index (χ1v) is 18.4. The Morgan fingerprint density at radius 2 is 1.60 bits per heavy atom. The Kier molecular flexibility index (Phi) is 12.2. The largest absolute Gasteiger partial charge is 0.457 e. The molecule has 2 aromatic heterocycles. The van der Waals surface area contributed by atoms with Crippen molar-refractivity contribution in [3.8, 4) is 0 Å². The fourth-order valence-electron chi connectivity index (χ4n) is 4.74. The van der Waals surface area contributed by atoms with Crippen molar-refractivity contribution in [3.05, 3.63) is 28.6 Å². The summed E-state index contributed by atoms with van der Waals surface area (Å²) < 4.78 is 21.4. The third-order valence-electron chi connectivity index (χ3n) is 7.64. The molecule has 0 aliphatic carbocycles. The second-order valence-electron chi connectivity index (χ2n) is 16.6. The van der Waals surface area contributed by atoms with E-state index in [4.69, 9.17) is 23.6 Å². The average Bonchev–Trinajstić information content (AvgIpc) is 3.69. The molecule has 302 valence electrons. The lowest BCUT2D eigenvalue weighted by Gasteiger charge is -2.38. The molecule has 0 unspecified atom stereocenters. The molecule has 55 heavy (non-hydrogen) atoms. The first-order chi connectivity index (χ1) is 25.2. The molecule has 4 rings (SSSR count). The molecular weight excluding hydrogens is 740 g/mol. The van der Waals surface area contributed by atoms with Crippen LogP contribution in [0.3, 0.4) is 0 Å². The number of carbonyl (C=O) groups excluding carboxylic acids is 6. The Bertz CT molecular complexity index is 1830. The van der Waals surface area contributed by atoms with Crippen LogP contribution in [0.1, 0.15) is 104 Å². The molecule has 2 aromatic rings. The van der Waals surface area contributed by atoms with Crippen molar-refractivity contribution in [2.24, 2.45) is 5.16 Å². The number of amides is 5. The summed E-state index contributed by atoms with van der Waals surface area (Å²) in [7, 11) is 1.44. The van der Waals surface area contributed by atoms with Gasteiger partial charge >= 0.3 is 18.2 Å². The highest BCUT2D eigenvalue weighted by molar-refractivity contribution is 7.14. The molecule has 0 bridgehead atoms. The van der Waals surface area contributed by atoms with Gasteiger partial charge in [-0.3, -0.25) is 19.3 Å². The number of hydrogen-bond acceptors (Lipinski definition) is 15. The lowest BCUT2D eigenvalue weighted by Crippen LogP contribution is -2.72. The molecule has 0 radical (unpaired) electrons. The van der Waals surface area contributed by atoms with Gasteiger partial charge in [-0.1, -0.05) is 10.3 Å². The zero-order chi connectivity index (χ0) is 41.3. The standard InChI is InChI=1S/C35H50N8O11S/c1-32(2,3)50-28(47)35(10,11)54-41-24(21-17-55-29(38-21)42(12)30(48)51-33(4,5)6)27(46)39-23-20(37-26(23)45)14-36-25(44)22-13-19(40-53-22)18-15-43(16-18)31(49)52-34(7,8)9/h13,17-18,20,23H,14-16H2,1-12H3,(H,36,44)(H,37,45)(H,39,46)/b41-24-/t20-,23+/m1/s1. The third kappa shape index (κ3) is 11.4. The van der Waals surface area contributed by atoms with Crippen LogP contribution in [-0.4, -0.2) is 118 Å². The average molecular weight is 791 g/mol. The number of thiazole rings is 1. The summed E-state index contributed by atoms with van der Waals surface area (Å²) in [5.74, 6) is -3.01. The lowest BCUT2D eigenvalue weighted by molar-refractivity contribution is -0.179. The van der Waals surface area contributed by atoms with E-state index in [2.05, 4.69) is 31.2 Å². The smallest absolute Gasteiger partial charge is 0.416 e. The van der Waals surface area contributed by atoms with Gasteiger partial charge in [0.1, 0.15) is 28.5 Å². The Morgan fingerprint density at radius 3 is 2.18 bits per heavy atom. The van der Waals surface area contributed by atoms with Gasteiger partial charge in [-0.05, 0) is 76.2 Å². The summed E-state index contributed by atoms with van der Waals surface area (Å²) in [4.78, 5) is 89.7. The van der Waals surface area contributed by atoms with E-state index < -0.39 is 76.1 Å². The zero-order valence-electron chi connectivity index (χ0n) is 33.1. The predicted octanol–water partition coefficient (Wildman–Crippen LogP) is 3.09. The Labute approximate surface area is 322 Å². The van der Waals surface area contributed by atoms with Crippen molar-refractivity contribution in [1.29, 1.82) is 0 Å². The molecule has 2 fully saturated rings. The molecule has 5 amide bonds. The summed E-state index contributed by atoms with van der Waals surface area (Å²) in [6.45, 7) is 19.0. The first-order valence-electron chi connectivity index (χ1n) is 17.5. The van der Waals surface area contributed by atoms with Crippen molar-refractivity contribution < 1.29 is 52.3 Å². The van der Waals surface area contributed by atoms with Crippen LogP contribution in [0.25, 0.3) is 0 Å². The van der Waals surface area contributed by atoms with Crippen molar-refractivity contribution in [3.63, 3.8) is 0 Å². The van der Waals surface area contributed by atoms with Crippen molar-refractivity contribution in [2.45, 2.75) is 117 Å². The van der Waals surface area contributed by atoms with E-state index in [9.17, 15) is 28.8 Å². The maximum Gasteiger partial charge on any atom is 0.416 e. The lowest BCUT2D eigenvalue weighted by atomic mass is 9.96. The summed E-state index contributed by atoms with van der Waals surface area (Å²) in [6, 6.07) is -0.366. The Hall–Kier alpha value is -5.27. The van der Waals surface area contributed by atoms with Crippen LogP contribution < -0.4 is 20.9 Å². The maximum atomic E-state index is 13.7. The number of anilines is 1. The Morgan fingerprint density at radius 1 is 0.982 bits per heavy atom. The van der Waals surface area contributed by atoms with E-state index in [1.54, 1.807) is 62.3 Å². The predicted molar refractivity (Wildman–Crippen MR) is 198 cm³/mol. The Balaban J connectivity index is 1.43. The van der Waals surface area contributed by atoms with E-state index >= 15 is 0 Å². The SMILES string of the molecule is CN(C(=O)OC(C)(C)C)c1nc(/C(=N/OC(C)(C)C(=O)OC(C)(C)C)C(=O)N[C@@H]2C(=O)N[C@@H]2CNC(=O)c2cc(C3CN(C(=O)OC(C)(C)C)C3)no2)cs1. The van der Waals surface area contributed by atoms with Crippen molar-refractivity contribution >= 4 is 58.1 Å². The summed E-state index contributed by atoms with van der Waals surface area (Å²) in [6.07, 6.45) is -1.13. The number of oxime groups is 1. The molecular formula is C35H50N8O11S. The van der Waals surface area contributed by atoms with Gasteiger partial charge in [0, 0.05) is 44.0 Å². The van der Waals surface area contributed by atoms with Crippen molar-refractivity contribution in [2.75, 3.05) is 31.6 Å². The van der Waals surface area contributed by atoms with Gasteiger partial charge in [0.05, 0.1) is 11.7 Å². The molecule has 2 aliphatic heterocycles. The number of rotatable bonds is 11. The van der Waals surface area contributed by atoms with E-state index in [1.165, 1.54) is 37.2 Å². The van der Waals surface area contributed by atoms with Crippen LogP contribution in [0.15, 0.2) is 21.1 Å². The minimum absolute atomic E-state index is 0.0284. The monoisotopic (exact) mass is 790 g/mol. The number of β-lactam (4-membered cyclic amide) rings is 1. The third-order valence-corrected chi connectivity index (χ3v) is 8.56. The molecule has 2 aliphatic rings. The van der Waals surface area contributed by atoms with Crippen LogP contribution >= 0.6 is 11.3 Å². The van der Waals surface area contributed by atoms with Gasteiger partial charge in [-0.15, -0.1) is 11.3 Å². The first kappa shape index (κ1) is 42.5. The topological polar surface area (TPSA) is 233 Å². The minimum atomic E-state index is -1.65. The highest BCUT2D eigenvalue weighted by Crippen LogP contribution is 2.28. The molecule has 20 heteroatoms. The van der Waals surface area contributed by atoms with E-state index in [0.717, 1.165) is 16.2 Å².